The number of carbonyl (C=O) groups excluding carboxylic acids is 1. The highest BCUT2D eigenvalue weighted by atomic mass is 32.2. The van der Waals surface area contributed by atoms with Crippen molar-refractivity contribution in [3.63, 3.8) is 0 Å². The number of amides is 1. The number of hydrogen-bond acceptors (Lipinski definition) is 7. The quantitative estimate of drug-likeness (QED) is 0.500. The summed E-state index contributed by atoms with van der Waals surface area (Å²) in [6, 6.07) is 9.57. The number of benzene rings is 1. The number of nitrogens with zero attached hydrogens (tertiary/aromatic N) is 2. The maximum Gasteiger partial charge on any atom is 0.252 e. The molecule has 0 aliphatic carbocycles. The van der Waals surface area contributed by atoms with Crippen molar-refractivity contribution in [3.05, 3.63) is 41.8 Å². The maximum absolute atomic E-state index is 12.7. The summed E-state index contributed by atoms with van der Waals surface area (Å²) in [5.74, 6) is -0.0826. The third-order valence-electron chi connectivity index (χ3n) is 6.04. The van der Waals surface area contributed by atoms with Crippen LogP contribution in [0.5, 0.6) is 5.75 Å². The highest BCUT2D eigenvalue weighted by Crippen LogP contribution is 2.26. The molecule has 3 heterocycles. The van der Waals surface area contributed by atoms with Gasteiger partial charge in [0.25, 0.3) is 10.0 Å². The summed E-state index contributed by atoms with van der Waals surface area (Å²) in [5.41, 5.74) is 0. The molecule has 0 bridgehead atoms. The first-order chi connectivity index (χ1) is 16.3. The first-order valence-electron chi connectivity index (χ1n) is 11.3. The standard InChI is InChI=1S/C22H29N3O6S3/c26-22(18-5-3-14-25(17-18)34(29,30)21-6-4-16-32-21)23-11-15-31-19-7-9-20(10-8-19)33(27,28)24-12-1-2-13-24/h4,6-10,16,18H,1-3,5,11-15,17H2,(H,23,26)/t18-/m0/s1. The van der Waals surface area contributed by atoms with E-state index >= 15 is 0 Å². The van der Waals surface area contributed by atoms with Crippen LogP contribution in [0.1, 0.15) is 25.7 Å². The van der Waals surface area contributed by atoms with Gasteiger partial charge in [0, 0.05) is 26.2 Å². The van der Waals surface area contributed by atoms with Crippen LogP contribution in [0.25, 0.3) is 0 Å². The normalized spacial score (nSPS) is 20.3. The molecule has 2 aliphatic heterocycles. The van der Waals surface area contributed by atoms with Gasteiger partial charge < -0.3 is 10.1 Å². The summed E-state index contributed by atoms with van der Waals surface area (Å²) in [6.07, 6.45) is 3.03. The number of carbonyl (C=O) groups is 1. The van der Waals surface area contributed by atoms with Gasteiger partial charge in [0.2, 0.25) is 15.9 Å². The van der Waals surface area contributed by atoms with Crippen molar-refractivity contribution >= 4 is 37.3 Å². The Balaban J connectivity index is 1.23. The molecule has 2 saturated heterocycles. The maximum atomic E-state index is 12.7. The highest BCUT2D eigenvalue weighted by Gasteiger charge is 2.33. The van der Waals surface area contributed by atoms with E-state index in [-0.39, 0.29) is 30.5 Å². The van der Waals surface area contributed by atoms with Gasteiger partial charge in [-0.2, -0.15) is 8.61 Å². The van der Waals surface area contributed by atoms with Crippen molar-refractivity contribution in [2.75, 3.05) is 39.3 Å². The van der Waals surface area contributed by atoms with Crippen LogP contribution in [0.15, 0.2) is 50.9 Å². The Kier molecular flexibility index (Phi) is 7.93. The van der Waals surface area contributed by atoms with Crippen LogP contribution in [0.3, 0.4) is 0 Å². The van der Waals surface area contributed by atoms with Crippen LogP contribution in [0, 0.1) is 5.92 Å². The highest BCUT2D eigenvalue weighted by molar-refractivity contribution is 7.91. The average Bonchev–Trinajstić information content (AvgIpc) is 3.57. The Labute approximate surface area is 204 Å². The van der Waals surface area contributed by atoms with E-state index in [0.717, 1.165) is 12.8 Å². The van der Waals surface area contributed by atoms with Gasteiger partial charge in [-0.1, -0.05) is 6.07 Å². The monoisotopic (exact) mass is 527 g/mol. The van der Waals surface area contributed by atoms with Gasteiger partial charge in [-0.15, -0.1) is 11.3 Å². The SMILES string of the molecule is O=C(NCCOc1ccc(S(=O)(=O)N2CCCC2)cc1)[C@H]1CCCN(S(=O)(=O)c2cccs2)C1. The van der Waals surface area contributed by atoms with Crippen LogP contribution in [-0.4, -0.2) is 70.7 Å². The molecule has 2 aliphatic rings. The molecule has 9 nitrogen and oxygen atoms in total. The van der Waals surface area contributed by atoms with Gasteiger partial charge in [-0.05, 0) is 61.4 Å². The predicted molar refractivity (Wildman–Crippen MR) is 129 cm³/mol. The molecule has 34 heavy (non-hydrogen) atoms. The molecular formula is C22H29N3O6S3. The molecule has 12 heteroatoms. The van der Waals surface area contributed by atoms with E-state index in [1.54, 1.807) is 29.6 Å². The van der Waals surface area contributed by atoms with Gasteiger partial charge in [0.15, 0.2) is 0 Å². The minimum absolute atomic E-state index is 0.167. The fraction of sp³-hybridized carbons (Fsp3) is 0.500. The number of hydrogen-bond donors (Lipinski definition) is 1. The van der Waals surface area contributed by atoms with Gasteiger partial charge >= 0.3 is 0 Å². The van der Waals surface area contributed by atoms with E-state index in [9.17, 15) is 21.6 Å². The second kappa shape index (κ2) is 10.7. The lowest BCUT2D eigenvalue weighted by atomic mass is 9.99. The van der Waals surface area contributed by atoms with Crippen LogP contribution < -0.4 is 10.1 Å². The van der Waals surface area contributed by atoms with Crippen molar-refractivity contribution in [1.82, 2.24) is 13.9 Å². The summed E-state index contributed by atoms with van der Waals surface area (Å²) in [7, 11) is -7.02. The first kappa shape index (κ1) is 25.1. The molecule has 4 rings (SSSR count). The Morgan fingerprint density at radius 1 is 0.971 bits per heavy atom. The smallest absolute Gasteiger partial charge is 0.252 e. The molecule has 0 spiro atoms. The molecule has 1 amide bonds. The molecule has 186 valence electrons. The molecule has 2 fully saturated rings. The zero-order chi connectivity index (χ0) is 24.2. The van der Waals surface area contributed by atoms with Crippen molar-refractivity contribution in [2.45, 2.75) is 34.8 Å². The Morgan fingerprint density at radius 2 is 1.68 bits per heavy atom. The van der Waals surface area contributed by atoms with Gasteiger partial charge in [-0.3, -0.25) is 4.79 Å². The topological polar surface area (TPSA) is 113 Å². The lowest BCUT2D eigenvalue weighted by Gasteiger charge is -2.30. The van der Waals surface area contributed by atoms with Crippen molar-refractivity contribution in [1.29, 1.82) is 0 Å². The summed E-state index contributed by atoms with van der Waals surface area (Å²) < 4.78 is 59.5. The fourth-order valence-corrected chi connectivity index (χ4v) is 8.37. The first-order valence-corrected chi connectivity index (χ1v) is 15.1. The third-order valence-corrected chi connectivity index (χ3v) is 11.2. The van der Waals surface area contributed by atoms with E-state index in [4.69, 9.17) is 4.74 Å². The van der Waals surface area contributed by atoms with Gasteiger partial charge in [0.05, 0.1) is 17.4 Å². The van der Waals surface area contributed by atoms with Crippen molar-refractivity contribution in [2.24, 2.45) is 5.92 Å². The minimum atomic E-state index is -3.56. The summed E-state index contributed by atoms with van der Waals surface area (Å²) in [6.45, 7) is 2.17. The zero-order valence-electron chi connectivity index (χ0n) is 18.8. The van der Waals surface area contributed by atoms with E-state index in [2.05, 4.69) is 5.32 Å². The number of nitrogens with one attached hydrogen (secondary N) is 1. The number of rotatable bonds is 9. The van der Waals surface area contributed by atoms with Crippen LogP contribution in [0.2, 0.25) is 0 Å². The molecule has 0 unspecified atom stereocenters. The largest absolute Gasteiger partial charge is 0.492 e. The summed E-state index contributed by atoms with van der Waals surface area (Å²) >= 11 is 1.17. The number of sulfonamides is 2. The number of ether oxygens (including phenoxy) is 1. The molecule has 0 saturated carbocycles. The second-order valence-corrected chi connectivity index (χ2v) is 13.4. The minimum Gasteiger partial charge on any atom is -0.492 e. The van der Waals surface area contributed by atoms with Gasteiger partial charge in [-0.25, -0.2) is 16.8 Å². The van der Waals surface area contributed by atoms with Crippen LogP contribution >= 0.6 is 11.3 Å². The molecule has 1 atom stereocenters. The predicted octanol–water partition coefficient (Wildman–Crippen LogP) is 2.13. The van der Waals surface area contributed by atoms with E-state index < -0.39 is 26.0 Å². The molecular weight excluding hydrogens is 498 g/mol. The van der Waals surface area contributed by atoms with E-state index in [1.165, 1.54) is 32.1 Å². The zero-order valence-corrected chi connectivity index (χ0v) is 21.2. The molecule has 1 N–H and O–H groups in total. The Bertz CT molecular complexity index is 1170. The third kappa shape index (κ3) is 5.62. The molecule has 2 aromatic rings. The van der Waals surface area contributed by atoms with Crippen molar-refractivity contribution < 1.29 is 26.4 Å². The molecule has 1 aromatic heterocycles. The summed E-state index contributed by atoms with van der Waals surface area (Å²) in [5, 5.41) is 4.54. The summed E-state index contributed by atoms with van der Waals surface area (Å²) in [4.78, 5) is 12.8. The average molecular weight is 528 g/mol. The second-order valence-electron chi connectivity index (χ2n) is 8.36. The fourth-order valence-electron chi connectivity index (χ4n) is 4.19. The van der Waals surface area contributed by atoms with E-state index in [0.29, 0.717) is 42.4 Å². The Morgan fingerprint density at radius 3 is 2.35 bits per heavy atom. The van der Waals surface area contributed by atoms with E-state index in [1.807, 2.05) is 0 Å². The van der Waals surface area contributed by atoms with Crippen molar-refractivity contribution in [3.8, 4) is 5.75 Å². The lowest BCUT2D eigenvalue weighted by Crippen LogP contribution is -2.45. The van der Waals surface area contributed by atoms with Crippen LogP contribution in [-0.2, 0) is 24.8 Å². The van der Waals surface area contributed by atoms with Gasteiger partial charge in [0.1, 0.15) is 16.6 Å². The number of piperidine rings is 1. The molecule has 1 aromatic carbocycles. The lowest BCUT2D eigenvalue weighted by molar-refractivity contribution is -0.126. The molecule has 0 radical (unpaired) electrons. The number of thiophene rings is 1. The van der Waals surface area contributed by atoms with Crippen LogP contribution in [0.4, 0.5) is 0 Å². The Hall–Kier alpha value is -1.99.